The second kappa shape index (κ2) is 27.0. The highest BCUT2D eigenvalue weighted by Crippen LogP contribution is 2.45. The number of β-amino-alcohol motifs (C(OH)–C–C–N with tert-alkyl or cyclic N) is 1. The number of anilines is 3. The molecular weight excluding hydrogens is 1190 g/mol. The summed E-state index contributed by atoms with van der Waals surface area (Å²) in [6, 6.07) is 18.7. The molecule has 0 unspecified atom stereocenters. The van der Waals surface area contributed by atoms with Gasteiger partial charge in [0, 0.05) is 136 Å². The molecule has 3 aromatic carbocycles. The van der Waals surface area contributed by atoms with Crippen molar-refractivity contribution >= 4 is 74.5 Å². The number of aliphatic hydroxyl groups is 1. The van der Waals surface area contributed by atoms with Gasteiger partial charge in [0.05, 0.1) is 53.8 Å². The van der Waals surface area contributed by atoms with Gasteiger partial charge in [0.15, 0.2) is 0 Å². The molecule has 12 rings (SSSR count). The number of halogens is 2. The average molecular weight is 1280 g/mol. The number of amides is 5. The zero-order chi connectivity index (χ0) is 64.4. The van der Waals surface area contributed by atoms with Gasteiger partial charge in [-0.05, 0) is 111 Å². The number of urea groups is 1. The summed E-state index contributed by atoms with van der Waals surface area (Å²) in [5, 5.41) is 27.2. The minimum absolute atomic E-state index is 0.0504. The Hall–Kier alpha value is -7.83. The molecule has 24 heteroatoms. The van der Waals surface area contributed by atoms with Crippen LogP contribution in [0.25, 0.3) is 44.5 Å². The molecule has 7 aromatic rings. The monoisotopic (exact) mass is 1280 g/mol. The third-order valence-electron chi connectivity index (χ3n) is 19.2. The normalized spacial score (nSPS) is 18.3. The van der Waals surface area contributed by atoms with Gasteiger partial charge in [-0.15, -0.1) is 0 Å². The van der Waals surface area contributed by atoms with Gasteiger partial charge < -0.3 is 56.1 Å². The molecule has 0 bridgehead atoms. The van der Waals surface area contributed by atoms with Crippen molar-refractivity contribution in [2.45, 2.75) is 121 Å². The lowest BCUT2D eigenvalue weighted by molar-refractivity contribution is -0.150. The number of nitrogens with two attached hydrogens (primary N) is 1. The number of piperazine rings is 1. The van der Waals surface area contributed by atoms with Crippen molar-refractivity contribution in [1.29, 1.82) is 0 Å². The summed E-state index contributed by atoms with van der Waals surface area (Å²) < 4.78 is 23.3. The van der Waals surface area contributed by atoms with Crippen LogP contribution in [-0.2, 0) is 31.1 Å². The molecule has 7 N–H and O–H groups in total. The maximum absolute atomic E-state index is 15.3. The van der Waals surface area contributed by atoms with E-state index in [1.54, 1.807) is 24.0 Å². The predicted octanol–water partition coefficient (Wildman–Crippen LogP) is 8.50. The van der Waals surface area contributed by atoms with Crippen molar-refractivity contribution in [3.63, 3.8) is 0 Å². The van der Waals surface area contributed by atoms with Crippen LogP contribution in [0.2, 0.25) is 5.02 Å². The van der Waals surface area contributed by atoms with Crippen molar-refractivity contribution in [1.82, 2.24) is 59.6 Å². The molecule has 0 radical (unpaired) electrons. The van der Waals surface area contributed by atoms with E-state index in [-0.39, 0.29) is 60.2 Å². The Morgan fingerprint density at radius 2 is 1.59 bits per heavy atom. The third kappa shape index (κ3) is 14.4. The van der Waals surface area contributed by atoms with Crippen LogP contribution in [0.5, 0.6) is 0 Å². The molecule has 0 atom stereocenters. The van der Waals surface area contributed by atoms with E-state index in [9.17, 15) is 24.3 Å². The van der Waals surface area contributed by atoms with Crippen molar-refractivity contribution in [3.05, 3.63) is 107 Å². The fraction of sp³-hybridized carbons (Fsp3) is 0.515. The second-order valence-corrected chi connectivity index (χ2v) is 27.6. The Labute approximate surface area is 541 Å². The number of nitrogens with zero attached hydrogens (tertiary/aromatic N) is 11. The Kier molecular flexibility index (Phi) is 18.9. The standard InChI is InChI=1S/C68H86ClFN16O6/c1-45-52(33-49(70)34-54(45)79-64(90)85-41-66(91,42-85)40-65(2,3)4)60-53-36-55(77-62(53)75-44-74-60)46-37-76-86(38-46)39-59(89)83-24-19-67(20-25-83)43-81(31-32-92-67)26-23-72-57(87)9-8-10-58(88)84-29-27-82(28-30-84)50-15-16-51-56(35-50)78-63(80-61(51)73-22-21-71)68(17-6-5-7-18-68)47-11-13-48(69)14-12-47/h11-16,33-38,44,91H,5-10,17-32,39-43,71H2,1-4H3,(H,72,87)(H,79,90)(H,73,78,80)(H,74,75,77). The number of nitrogens with one attached hydrogen (secondary N) is 4. The zero-order valence-corrected chi connectivity index (χ0v) is 54.1. The fourth-order valence-corrected chi connectivity index (χ4v) is 14.6. The Morgan fingerprint density at radius 1 is 0.826 bits per heavy atom. The van der Waals surface area contributed by atoms with E-state index >= 15 is 4.39 Å². The molecule has 92 heavy (non-hydrogen) atoms. The van der Waals surface area contributed by atoms with Gasteiger partial charge in [0.2, 0.25) is 17.7 Å². The van der Waals surface area contributed by atoms with Crippen molar-refractivity contribution < 1.29 is 33.4 Å². The molecule has 4 aliphatic heterocycles. The number of carbonyl (C=O) groups is 4. The second-order valence-electron chi connectivity index (χ2n) is 27.2. The third-order valence-corrected chi connectivity index (χ3v) is 19.5. The first-order valence-electron chi connectivity index (χ1n) is 32.7. The number of rotatable bonds is 19. The minimum Gasteiger partial charge on any atom is -0.386 e. The first kappa shape index (κ1) is 64.3. The summed E-state index contributed by atoms with van der Waals surface area (Å²) in [6.07, 6.45) is 13.2. The summed E-state index contributed by atoms with van der Waals surface area (Å²) in [4.78, 5) is 86.3. The van der Waals surface area contributed by atoms with Gasteiger partial charge in [-0.2, -0.15) is 5.10 Å². The molecule has 1 saturated carbocycles. The molecule has 1 aliphatic carbocycles. The van der Waals surface area contributed by atoms with E-state index in [1.807, 2.05) is 48.8 Å². The largest absolute Gasteiger partial charge is 0.386 e. The summed E-state index contributed by atoms with van der Waals surface area (Å²) in [7, 11) is 0. The van der Waals surface area contributed by atoms with Crippen LogP contribution >= 0.6 is 11.6 Å². The van der Waals surface area contributed by atoms with Crippen LogP contribution < -0.4 is 26.6 Å². The van der Waals surface area contributed by atoms with Crippen LogP contribution in [0.15, 0.2) is 79.4 Å². The van der Waals surface area contributed by atoms with Crippen LogP contribution in [0.3, 0.4) is 0 Å². The number of morpholine rings is 1. The molecular formula is C68H86ClFN16O6. The lowest BCUT2D eigenvalue weighted by Crippen LogP contribution is -2.65. The molecule has 5 amide bonds. The molecule has 22 nitrogen and oxygen atoms in total. The molecule has 5 aliphatic rings. The summed E-state index contributed by atoms with van der Waals surface area (Å²) in [5.41, 5.74) is 11.1. The van der Waals surface area contributed by atoms with E-state index in [0.29, 0.717) is 155 Å². The number of hydrogen-bond acceptors (Lipinski definition) is 15. The van der Waals surface area contributed by atoms with Gasteiger partial charge >= 0.3 is 6.03 Å². The summed E-state index contributed by atoms with van der Waals surface area (Å²) in [6.45, 7) is 16.3. The van der Waals surface area contributed by atoms with Gasteiger partial charge in [-0.25, -0.2) is 29.1 Å². The predicted molar refractivity (Wildman–Crippen MR) is 354 cm³/mol. The van der Waals surface area contributed by atoms with Crippen molar-refractivity contribution in [2.24, 2.45) is 11.1 Å². The Morgan fingerprint density at radius 3 is 2.34 bits per heavy atom. The molecule has 4 aromatic heterocycles. The first-order chi connectivity index (χ1) is 44.2. The first-order valence-corrected chi connectivity index (χ1v) is 33.0. The highest BCUT2D eigenvalue weighted by molar-refractivity contribution is 6.30. The van der Waals surface area contributed by atoms with Crippen molar-refractivity contribution in [2.75, 3.05) is 114 Å². The van der Waals surface area contributed by atoms with Crippen LogP contribution in [-0.4, -0.2) is 193 Å². The number of likely N-dealkylation sites (tertiary alicyclic amines) is 2. The number of ether oxygens (including phenoxy) is 1. The van der Waals surface area contributed by atoms with Crippen LogP contribution in [0.4, 0.5) is 26.4 Å². The van der Waals surface area contributed by atoms with E-state index in [4.69, 9.17) is 32.0 Å². The summed E-state index contributed by atoms with van der Waals surface area (Å²) in [5.74, 6) is 1.01. The number of benzene rings is 3. The van der Waals surface area contributed by atoms with Gasteiger partial charge in [-0.3, -0.25) is 24.0 Å². The lowest BCUT2D eigenvalue weighted by Gasteiger charge is -2.48. The van der Waals surface area contributed by atoms with E-state index < -0.39 is 17.4 Å². The minimum atomic E-state index is -0.959. The number of hydrogen-bond donors (Lipinski definition) is 6. The van der Waals surface area contributed by atoms with Crippen LogP contribution in [0.1, 0.15) is 108 Å². The lowest BCUT2D eigenvalue weighted by atomic mass is 9.68. The highest BCUT2D eigenvalue weighted by Gasteiger charge is 2.46. The van der Waals surface area contributed by atoms with Gasteiger partial charge in [0.1, 0.15) is 41.6 Å². The van der Waals surface area contributed by atoms with E-state index in [0.717, 1.165) is 66.0 Å². The molecule has 5 fully saturated rings. The number of fused-ring (bicyclic) bond motifs is 2. The average Bonchev–Trinajstić information content (AvgIpc) is 0.947. The highest BCUT2D eigenvalue weighted by atomic mass is 35.5. The van der Waals surface area contributed by atoms with E-state index in [2.05, 4.69) is 76.1 Å². The maximum atomic E-state index is 15.3. The Balaban J connectivity index is 0.570. The molecule has 1 spiro atoms. The van der Waals surface area contributed by atoms with Gasteiger partial charge in [0.25, 0.3) is 0 Å². The topological polar surface area (TPSA) is 261 Å². The zero-order valence-electron chi connectivity index (χ0n) is 53.3. The maximum Gasteiger partial charge on any atom is 0.322 e. The number of piperidine rings is 1. The van der Waals surface area contributed by atoms with Crippen LogP contribution in [0, 0.1) is 18.2 Å². The quantitative estimate of drug-likeness (QED) is 0.0443. The molecule has 4 saturated heterocycles. The Bertz CT molecular complexity index is 3820. The molecule has 8 heterocycles. The van der Waals surface area contributed by atoms with E-state index in [1.165, 1.54) is 35.3 Å². The van der Waals surface area contributed by atoms with Crippen molar-refractivity contribution in [3.8, 4) is 22.5 Å². The number of aromatic nitrogens is 7. The smallest absolute Gasteiger partial charge is 0.322 e. The van der Waals surface area contributed by atoms with Gasteiger partial charge in [-0.1, -0.05) is 63.8 Å². The summed E-state index contributed by atoms with van der Waals surface area (Å²) >= 11 is 6.35. The SMILES string of the molecule is Cc1c(NC(=O)N2CC(O)(CC(C)(C)C)C2)cc(F)cc1-c1ncnc2[nH]c(-c3cnn(CC(=O)N4CCC5(CC4)CN(CCNC(=O)CCCC(=O)N4CCN(c6ccc7c(NCCN)nc(C8(c9ccc(Cl)cc9)CCCCC8)nc7c6)CC4)CCO5)c3)cc12. The number of H-pyrrole nitrogens is 1. The number of carbonyl (C=O) groups excluding carboxylic acids is 4. The number of aromatic amines is 1. The molecule has 488 valence electrons. The fourth-order valence-electron chi connectivity index (χ4n) is 14.5.